The molecule has 0 aliphatic carbocycles. The van der Waals surface area contributed by atoms with E-state index in [1.807, 2.05) is 24.5 Å². The molecule has 1 fully saturated rings. The maximum Gasteiger partial charge on any atom is 0.243 e. The Morgan fingerprint density at radius 3 is 2.52 bits per heavy atom. The molecule has 2 heterocycles. The number of aromatic nitrogens is 1. The third-order valence-corrected chi connectivity index (χ3v) is 8.55. The van der Waals surface area contributed by atoms with Gasteiger partial charge < -0.3 is 9.30 Å². The molecule has 6 nitrogen and oxygen atoms in total. The van der Waals surface area contributed by atoms with Gasteiger partial charge in [-0.05, 0) is 50.2 Å². The van der Waals surface area contributed by atoms with Gasteiger partial charge in [0.1, 0.15) is 5.82 Å². The summed E-state index contributed by atoms with van der Waals surface area (Å²) in [6.45, 7) is 5.11. The Bertz CT molecular complexity index is 1280. The minimum Gasteiger partial charge on any atom is -0.379 e. The molecular weight excluding hydrogens is 463 g/mol. The summed E-state index contributed by atoms with van der Waals surface area (Å²) >= 11 is 1.16. The van der Waals surface area contributed by atoms with Crippen molar-refractivity contribution in [3.05, 3.63) is 77.4 Å². The largest absolute Gasteiger partial charge is 0.379 e. The first kappa shape index (κ1) is 23.7. The number of ether oxygens (including phenoxy) is 1. The first-order valence-electron chi connectivity index (χ1n) is 10.6. The number of rotatable bonds is 7. The SMILES string of the molecule is Cc1cc(C(=O)CSc2ccccc2F)c(C)n1-c1cccc(S(=O)(=O)N2CCOCC2)c1. The van der Waals surface area contributed by atoms with Crippen LogP contribution in [0, 0.1) is 19.7 Å². The van der Waals surface area contributed by atoms with Crippen LogP contribution in [0.1, 0.15) is 21.7 Å². The Morgan fingerprint density at radius 1 is 1.06 bits per heavy atom. The Labute approximate surface area is 197 Å². The second kappa shape index (κ2) is 9.80. The number of aryl methyl sites for hydroxylation is 1. The van der Waals surface area contributed by atoms with E-state index < -0.39 is 10.0 Å². The standard InChI is InChI=1S/C24H25FN2O4S2/c1-17-14-21(23(28)16-32-24-9-4-3-8-22(24)25)18(2)27(17)19-6-5-7-20(15-19)33(29,30)26-10-12-31-13-11-26/h3-9,14-15H,10-13,16H2,1-2H3. The molecule has 0 N–H and O–H groups in total. The van der Waals surface area contributed by atoms with Crippen LogP contribution in [0.25, 0.3) is 5.69 Å². The third-order valence-electron chi connectivity index (χ3n) is 5.61. The Morgan fingerprint density at radius 2 is 1.79 bits per heavy atom. The van der Waals surface area contributed by atoms with E-state index in [2.05, 4.69) is 0 Å². The highest BCUT2D eigenvalue weighted by Crippen LogP contribution is 2.27. The molecule has 3 aromatic rings. The van der Waals surface area contributed by atoms with Crippen LogP contribution in [0.3, 0.4) is 0 Å². The van der Waals surface area contributed by atoms with Crippen molar-refractivity contribution >= 4 is 27.6 Å². The van der Waals surface area contributed by atoms with Gasteiger partial charge in [-0.2, -0.15) is 4.31 Å². The van der Waals surface area contributed by atoms with Crippen molar-refractivity contribution in [2.75, 3.05) is 32.1 Å². The van der Waals surface area contributed by atoms with Crippen LogP contribution in [-0.4, -0.2) is 55.1 Å². The number of carbonyl (C=O) groups is 1. The van der Waals surface area contributed by atoms with Gasteiger partial charge in [-0.15, -0.1) is 11.8 Å². The zero-order valence-electron chi connectivity index (χ0n) is 18.5. The molecule has 2 aromatic carbocycles. The van der Waals surface area contributed by atoms with E-state index in [0.717, 1.165) is 17.5 Å². The lowest BCUT2D eigenvalue weighted by molar-refractivity contribution is 0.0730. The molecule has 33 heavy (non-hydrogen) atoms. The second-order valence-electron chi connectivity index (χ2n) is 7.78. The maximum absolute atomic E-state index is 13.9. The molecule has 1 aliphatic rings. The summed E-state index contributed by atoms with van der Waals surface area (Å²) in [6, 6.07) is 14.9. The minimum absolute atomic E-state index is 0.108. The van der Waals surface area contributed by atoms with Gasteiger partial charge in [-0.25, -0.2) is 12.8 Å². The van der Waals surface area contributed by atoms with Crippen LogP contribution < -0.4 is 0 Å². The van der Waals surface area contributed by atoms with E-state index in [1.54, 1.807) is 42.5 Å². The van der Waals surface area contributed by atoms with Crippen LogP contribution in [0.15, 0.2) is 64.4 Å². The lowest BCUT2D eigenvalue weighted by Crippen LogP contribution is -2.40. The molecule has 1 aliphatic heterocycles. The summed E-state index contributed by atoms with van der Waals surface area (Å²) in [6.07, 6.45) is 0. The van der Waals surface area contributed by atoms with E-state index in [1.165, 1.54) is 10.4 Å². The summed E-state index contributed by atoms with van der Waals surface area (Å²) in [5.74, 6) is -0.352. The minimum atomic E-state index is -3.64. The Balaban J connectivity index is 1.60. The lowest BCUT2D eigenvalue weighted by Gasteiger charge is -2.26. The fourth-order valence-electron chi connectivity index (χ4n) is 3.94. The molecule has 0 atom stereocenters. The van der Waals surface area contributed by atoms with Gasteiger partial charge in [-0.1, -0.05) is 18.2 Å². The molecule has 9 heteroatoms. The lowest BCUT2D eigenvalue weighted by atomic mass is 10.2. The average Bonchev–Trinajstić information content (AvgIpc) is 3.13. The van der Waals surface area contributed by atoms with Crippen molar-refractivity contribution in [3.63, 3.8) is 0 Å². The van der Waals surface area contributed by atoms with Gasteiger partial charge in [0.25, 0.3) is 0 Å². The number of sulfonamides is 1. The number of hydrogen-bond donors (Lipinski definition) is 0. The number of benzene rings is 2. The monoisotopic (exact) mass is 488 g/mol. The van der Waals surface area contributed by atoms with Gasteiger partial charge in [0.15, 0.2) is 5.78 Å². The summed E-state index contributed by atoms with van der Waals surface area (Å²) < 4.78 is 48.6. The summed E-state index contributed by atoms with van der Waals surface area (Å²) in [5, 5.41) is 0. The van der Waals surface area contributed by atoms with Gasteiger partial charge >= 0.3 is 0 Å². The first-order valence-corrected chi connectivity index (χ1v) is 13.0. The number of halogens is 1. The van der Waals surface area contributed by atoms with Gasteiger partial charge in [0.2, 0.25) is 10.0 Å². The van der Waals surface area contributed by atoms with Crippen molar-refractivity contribution < 1.29 is 22.3 Å². The Hall–Kier alpha value is -2.46. The predicted octanol–water partition coefficient (Wildman–Crippen LogP) is 4.23. The van der Waals surface area contributed by atoms with E-state index in [9.17, 15) is 17.6 Å². The van der Waals surface area contributed by atoms with Gasteiger partial charge in [0, 0.05) is 40.6 Å². The highest BCUT2D eigenvalue weighted by atomic mass is 32.2. The zero-order chi connectivity index (χ0) is 23.6. The summed E-state index contributed by atoms with van der Waals surface area (Å²) in [5.41, 5.74) is 2.73. The van der Waals surface area contributed by atoms with Crippen LogP contribution >= 0.6 is 11.8 Å². The first-order chi connectivity index (χ1) is 15.8. The zero-order valence-corrected chi connectivity index (χ0v) is 20.1. The molecule has 0 saturated carbocycles. The highest BCUT2D eigenvalue weighted by molar-refractivity contribution is 8.00. The fourth-order valence-corrected chi connectivity index (χ4v) is 6.22. The molecule has 1 aromatic heterocycles. The smallest absolute Gasteiger partial charge is 0.243 e. The number of hydrogen-bond acceptors (Lipinski definition) is 5. The topological polar surface area (TPSA) is 68.6 Å². The fraction of sp³-hybridized carbons (Fsp3) is 0.292. The van der Waals surface area contributed by atoms with Crippen LogP contribution in [0.4, 0.5) is 4.39 Å². The van der Waals surface area contributed by atoms with E-state index in [4.69, 9.17) is 4.74 Å². The molecule has 1 saturated heterocycles. The number of ketones is 1. The predicted molar refractivity (Wildman–Crippen MR) is 126 cm³/mol. The van der Waals surface area contributed by atoms with Crippen LogP contribution in [0.5, 0.6) is 0 Å². The van der Waals surface area contributed by atoms with Gasteiger partial charge in [0.05, 0.1) is 23.9 Å². The maximum atomic E-state index is 13.9. The van der Waals surface area contributed by atoms with Crippen molar-refractivity contribution in [2.45, 2.75) is 23.6 Å². The number of Topliss-reactive ketones (excluding diaryl/α,β-unsaturated/α-hetero) is 1. The quantitative estimate of drug-likeness (QED) is 0.368. The van der Waals surface area contributed by atoms with E-state index >= 15 is 0 Å². The molecule has 0 bridgehead atoms. The number of morpholine rings is 1. The summed E-state index contributed by atoms with van der Waals surface area (Å²) in [7, 11) is -3.64. The molecule has 0 spiro atoms. The van der Waals surface area contributed by atoms with E-state index in [-0.39, 0.29) is 22.2 Å². The molecule has 174 valence electrons. The normalized spacial score (nSPS) is 15.0. The molecular formula is C24H25FN2O4S2. The number of thioether (sulfide) groups is 1. The molecule has 0 radical (unpaired) electrons. The van der Waals surface area contributed by atoms with Gasteiger partial charge in [-0.3, -0.25) is 4.79 Å². The van der Waals surface area contributed by atoms with Crippen molar-refractivity contribution in [2.24, 2.45) is 0 Å². The summed E-state index contributed by atoms with van der Waals surface area (Å²) in [4.78, 5) is 13.5. The molecule has 4 rings (SSSR count). The molecule has 0 amide bonds. The van der Waals surface area contributed by atoms with E-state index in [0.29, 0.717) is 48.1 Å². The molecule has 0 unspecified atom stereocenters. The van der Waals surface area contributed by atoms with Crippen molar-refractivity contribution in [3.8, 4) is 5.69 Å². The van der Waals surface area contributed by atoms with Crippen LogP contribution in [0.2, 0.25) is 0 Å². The average molecular weight is 489 g/mol. The Kier molecular flexibility index (Phi) is 7.04. The highest BCUT2D eigenvalue weighted by Gasteiger charge is 2.27. The number of nitrogens with zero attached hydrogens (tertiary/aromatic N) is 2. The second-order valence-corrected chi connectivity index (χ2v) is 10.7. The third kappa shape index (κ3) is 4.91. The van der Waals surface area contributed by atoms with Crippen LogP contribution in [-0.2, 0) is 14.8 Å². The number of carbonyl (C=O) groups excluding carboxylic acids is 1. The van der Waals surface area contributed by atoms with Crippen molar-refractivity contribution in [1.29, 1.82) is 0 Å². The van der Waals surface area contributed by atoms with Crippen molar-refractivity contribution in [1.82, 2.24) is 8.87 Å².